The number of hydrogen-bond acceptors (Lipinski definition) is 4. The highest BCUT2D eigenvalue weighted by Crippen LogP contribution is 2.21. The number of anilines is 1. The molecule has 0 aliphatic carbocycles. The van der Waals surface area contributed by atoms with Crippen LogP contribution in [0.15, 0.2) is 35.4 Å². The van der Waals surface area contributed by atoms with Crippen molar-refractivity contribution in [1.82, 2.24) is 9.55 Å². The quantitative estimate of drug-likeness (QED) is 0.792. The average Bonchev–Trinajstić information content (AvgIpc) is 2.93. The standard InChI is InChI=1S/C18H19N3O2S/c1-10-6-5-7-15(12(10)3)20-16(22)13(4)21-9-19-17-14(18(21)23)8-11(2)24-17/h5-9,13H,1-4H3,(H,20,22)/t13-/m0/s1. The van der Waals surface area contributed by atoms with Gasteiger partial charge in [-0.3, -0.25) is 14.2 Å². The monoisotopic (exact) mass is 341 g/mol. The van der Waals surface area contributed by atoms with E-state index >= 15 is 0 Å². The summed E-state index contributed by atoms with van der Waals surface area (Å²) in [6.07, 6.45) is 1.45. The molecule has 3 rings (SSSR count). The molecule has 3 aromatic rings. The van der Waals surface area contributed by atoms with E-state index in [0.717, 1.165) is 21.7 Å². The Kier molecular flexibility index (Phi) is 4.24. The second-order valence-electron chi connectivity index (χ2n) is 5.95. The number of nitrogens with one attached hydrogen (secondary N) is 1. The fourth-order valence-electron chi connectivity index (χ4n) is 2.58. The summed E-state index contributed by atoms with van der Waals surface area (Å²) in [5, 5.41) is 3.47. The molecule has 124 valence electrons. The maximum Gasteiger partial charge on any atom is 0.262 e. The minimum Gasteiger partial charge on any atom is -0.324 e. The van der Waals surface area contributed by atoms with Gasteiger partial charge < -0.3 is 5.32 Å². The number of aromatic nitrogens is 2. The molecule has 0 saturated carbocycles. The predicted molar refractivity (Wildman–Crippen MR) is 97.9 cm³/mol. The summed E-state index contributed by atoms with van der Waals surface area (Å²) in [6, 6.07) is 6.93. The Bertz CT molecular complexity index is 988. The lowest BCUT2D eigenvalue weighted by molar-refractivity contribution is -0.118. The number of fused-ring (bicyclic) bond motifs is 1. The van der Waals surface area contributed by atoms with Crippen molar-refractivity contribution in [2.75, 3.05) is 5.32 Å². The van der Waals surface area contributed by atoms with Crippen LogP contribution in [0.3, 0.4) is 0 Å². The smallest absolute Gasteiger partial charge is 0.262 e. The van der Waals surface area contributed by atoms with Gasteiger partial charge in [0.25, 0.3) is 5.56 Å². The van der Waals surface area contributed by atoms with E-state index in [-0.39, 0.29) is 11.5 Å². The number of hydrogen-bond donors (Lipinski definition) is 1. The Morgan fingerprint density at radius 2 is 2.04 bits per heavy atom. The molecule has 5 nitrogen and oxygen atoms in total. The van der Waals surface area contributed by atoms with Gasteiger partial charge in [-0.05, 0) is 51.0 Å². The second-order valence-corrected chi connectivity index (χ2v) is 7.18. The first-order valence-electron chi connectivity index (χ1n) is 7.73. The molecular formula is C18H19N3O2S. The molecule has 6 heteroatoms. The van der Waals surface area contributed by atoms with Gasteiger partial charge in [0.05, 0.1) is 11.7 Å². The molecule has 0 saturated heterocycles. The van der Waals surface area contributed by atoms with E-state index in [9.17, 15) is 9.59 Å². The minimum atomic E-state index is -0.644. The van der Waals surface area contributed by atoms with Crippen LogP contribution < -0.4 is 10.9 Å². The van der Waals surface area contributed by atoms with Crippen LogP contribution in [0.1, 0.15) is 29.0 Å². The van der Waals surface area contributed by atoms with Gasteiger partial charge in [-0.2, -0.15) is 0 Å². The van der Waals surface area contributed by atoms with Crippen molar-refractivity contribution < 1.29 is 4.79 Å². The largest absolute Gasteiger partial charge is 0.324 e. The summed E-state index contributed by atoms with van der Waals surface area (Å²) >= 11 is 1.48. The van der Waals surface area contributed by atoms with E-state index in [1.807, 2.05) is 45.0 Å². The zero-order valence-electron chi connectivity index (χ0n) is 14.1. The Hall–Kier alpha value is -2.47. The average molecular weight is 341 g/mol. The molecule has 2 aromatic heterocycles. The molecule has 1 N–H and O–H groups in total. The third kappa shape index (κ3) is 2.85. The van der Waals surface area contributed by atoms with E-state index in [1.54, 1.807) is 6.92 Å². The Balaban J connectivity index is 1.92. The molecule has 0 fully saturated rings. The van der Waals surface area contributed by atoms with Gasteiger partial charge in [-0.25, -0.2) is 4.98 Å². The molecule has 0 radical (unpaired) electrons. The maximum atomic E-state index is 12.6. The molecular weight excluding hydrogens is 322 g/mol. The number of rotatable bonds is 3. The fraction of sp³-hybridized carbons (Fsp3) is 0.278. The Morgan fingerprint density at radius 1 is 1.29 bits per heavy atom. The Morgan fingerprint density at radius 3 is 2.79 bits per heavy atom. The number of amides is 1. The zero-order valence-corrected chi connectivity index (χ0v) is 14.9. The van der Waals surface area contributed by atoms with Gasteiger partial charge in [0.1, 0.15) is 10.9 Å². The second kappa shape index (κ2) is 6.20. The van der Waals surface area contributed by atoms with E-state index < -0.39 is 6.04 Å². The van der Waals surface area contributed by atoms with Crippen molar-refractivity contribution in [3.05, 3.63) is 57.0 Å². The maximum absolute atomic E-state index is 12.6. The van der Waals surface area contributed by atoms with Gasteiger partial charge >= 0.3 is 0 Å². The zero-order chi connectivity index (χ0) is 17.4. The number of carbonyl (C=O) groups is 1. The van der Waals surface area contributed by atoms with E-state index in [1.165, 1.54) is 22.2 Å². The summed E-state index contributed by atoms with van der Waals surface area (Å²) in [5.74, 6) is -0.237. The van der Waals surface area contributed by atoms with Gasteiger partial charge in [0, 0.05) is 10.6 Å². The molecule has 24 heavy (non-hydrogen) atoms. The first-order valence-corrected chi connectivity index (χ1v) is 8.54. The summed E-state index contributed by atoms with van der Waals surface area (Å²) < 4.78 is 1.38. The van der Waals surface area contributed by atoms with E-state index in [0.29, 0.717) is 10.2 Å². The van der Waals surface area contributed by atoms with Crippen molar-refractivity contribution in [3.8, 4) is 0 Å². The molecule has 0 bridgehead atoms. The number of benzene rings is 1. The normalized spacial score (nSPS) is 12.3. The van der Waals surface area contributed by atoms with Crippen LogP contribution in [0.2, 0.25) is 0 Å². The number of carbonyl (C=O) groups excluding carboxylic acids is 1. The van der Waals surface area contributed by atoms with E-state index in [2.05, 4.69) is 10.3 Å². The highest BCUT2D eigenvalue weighted by atomic mass is 32.1. The van der Waals surface area contributed by atoms with Crippen molar-refractivity contribution in [3.63, 3.8) is 0 Å². The molecule has 1 atom stereocenters. The topological polar surface area (TPSA) is 64.0 Å². The number of thiophene rings is 1. The number of aryl methyl sites for hydroxylation is 2. The summed E-state index contributed by atoms with van der Waals surface area (Å²) in [5.41, 5.74) is 2.70. The molecule has 0 unspecified atom stereocenters. The highest BCUT2D eigenvalue weighted by molar-refractivity contribution is 7.18. The first kappa shape index (κ1) is 16.4. The van der Waals surface area contributed by atoms with E-state index in [4.69, 9.17) is 0 Å². The van der Waals surface area contributed by atoms with Crippen molar-refractivity contribution >= 4 is 33.1 Å². The van der Waals surface area contributed by atoms with Crippen LogP contribution in [-0.4, -0.2) is 15.5 Å². The predicted octanol–water partition coefficient (Wildman–Crippen LogP) is 3.58. The summed E-state index contributed by atoms with van der Waals surface area (Å²) in [4.78, 5) is 31.2. The van der Waals surface area contributed by atoms with Crippen LogP contribution in [-0.2, 0) is 4.79 Å². The van der Waals surface area contributed by atoms with Crippen LogP contribution in [0.5, 0.6) is 0 Å². The van der Waals surface area contributed by atoms with Crippen molar-refractivity contribution in [2.45, 2.75) is 33.7 Å². The van der Waals surface area contributed by atoms with Gasteiger partial charge in [0.2, 0.25) is 5.91 Å². The van der Waals surface area contributed by atoms with Crippen LogP contribution in [0.4, 0.5) is 5.69 Å². The molecule has 0 aliphatic heterocycles. The summed E-state index contributed by atoms with van der Waals surface area (Å²) in [7, 11) is 0. The molecule has 2 heterocycles. The van der Waals surface area contributed by atoms with Crippen LogP contribution >= 0.6 is 11.3 Å². The fourth-order valence-corrected chi connectivity index (χ4v) is 3.42. The molecule has 1 aromatic carbocycles. The third-order valence-corrected chi connectivity index (χ3v) is 5.22. The molecule has 0 aliphatic rings. The van der Waals surface area contributed by atoms with Crippen molar-refractivity contribution in [2.24, 2.45) is 0 Å². The van der Waals surface area contributed by atoms with Crippen LogP contribution in [0, 0.1) is 20.8 Å². The van der Waals surface area contributed by atoms with Gasteiger partial charge in [0.15, 0.2) is 0 Å². The summed E-state index contributed by atoms with van der Waals surface area (Å²) in [6.45, 7) is 7.60. The minimum absolute atomic E-state index is 0.187. The molecule has 0 spiro atoms. The first-order chi connectivity index (χ1) is 11.4. The Labute approximate surface area is 144 Å². The van der Waals surface area contributed by atoms with Gasteiger partial charge in [-0.15, -0.1) is 11.3 Å². The SMILES string of the molecule is Cc1cc2c(=O)n([C@@H](C)C(=O)Nc3cccc(C)c3C)cnc2s1. The third-order valence-electron chi connectivity index (χ3n) is 4.26. The lowest BCUT2D eigenvalue weighted by atomic mass is 10.1. The van der Waals surface area contributed by atoms with Crippen LogP contribution in [0.25, 0.3) is 10.2 Å². The highest BCUT2D eigenvalue weighted by Gasteiger charge is 2.19. The van der Waals surface area contributed by atoms with Crippen molar-refractivity contribution in [1.29, 1.82) is 0 Å². The lowest BCUT2D eigenvalue weighted by Crippen LogP contribution is -2.31. The number of nitrogens with zero attached hydrogens (tertiary/aromatic N) is 2. The lowest BCUT2D eigenvalue weighted by Gasteiger charge is -2.16. The molecule has 1 amide bonds. The van der Waals surface area contributed by atoms with Gasteiger partial charge in [-0.1, -0.05) is 12.1 Å².